The Kier molecular flexibility index (Phi) is 5.78. The average Bonchev–Trinajstić information content (AvgIpc) is 2.94. The van der Waals surface area contributed by atoms with Gasteiger partial charge in [-0.15, -0.1) is 0 Å². The molecule has 0 bridgehead atoms. The molecule has 0 spiro atoms. The van der Waals surface area contributed by atoms with Crippen molar-refractivity contribution in [2.75, 3.05) is 26.2 Å². The van der Waals surface area contributed by atoms with Crippen LogP contribution in [0, 0.1) is 5.92 Å². The molecular weight excluding hydrogens is 336 g/mol. The van der Waals surface area contributed by atoms with E-state index in [1.54, 1.807) is 6.92 Å². The first kappa shape index (κ1) is 18.0. The Morgan fingerprint density at radius 2 is 1.84 bits per heavy atom. The fourth-order valence-electron chi connectivity index (χ4n) is 3.62. The van der Waals surface area contributed by atoms with E-state index in [4.69, 9.17) is 0 Å². The van der Waals surface area contributed by atoms with Gasteiger partial charge in [0.2, 0.25) is 5.91 Å². The van der Waals surface area contributed by atoms with Crippen LogP contribution in [0.15, 0.2) is 30.3 Å². The van der Waals surface area contributed by atoms with Gasteiger partial charge in [0.25, 0.3) is 5.91 Å². The SMILES string of the molecule is CC(=O)SC1CC(=O)N(CC2CCN(C(=O)c3ccccc3)CC2)C1. The minimum atomic E-state index is 0.0763. The van der Waals surface area contributed by atoms with E-state index in [1.165, 1.54) is 11.8 Å². The van der Waals surface area contributed by atoms with Gasteiger partial charge >= 0.3 is 0 Å². The van der Waals surface area contributed by atoms with Crippen molar-refractivity contribution in [1.82, 2.24) is 9.80 Å². The Bertz CT molecular complexity index is 641. The Hall–Kier alpha value is -1.82. The molecule has 2 aliphatic heterocycles. The maximum absolute atomic E-state index is 12.5. The summed E-state index contributed by atoms with van der Waals surface area (Å²) in [6, 6.07) is 9.38. The molecule has 134 valence electrons. The van der Waals surface area contributed by atoms with Gasteiger partial charge < -0.3 is 9.80 Å². The first-order valence-electron chi connectivity index (χ1n) is 8.82. The molecule has 1 aromatic rings. The molecule has 0 radical (unpaired) electrons. The second-order valence-electron chi connectivity index (χ2n) is 6.84. The summed E-state index contributed by atoms with van der Waals surface area (Å²) in [5.74, 6) is 0.681. The Morgan fingerprint density at radius 3 is 2.48 bits per heavy atom. The van der Waals surface area contributed by atoms with Crippen molar-refractivity contribution in [3.63, 3.8) is 0 Å². The molecule has 6 heteroatoms. The monoisotopic (exact) mass is 360 g/mol. The van der Waals surface area contributed by atoms with Crippen LogP contribution in [-0.2, 0) is 9.59 Å². The number of likely N-dealkylation sites (tertiary alicyclic amines) is 2. The van der Waals surface area contributed by atoms with E-state index in [1.807, 2.05) is 40.1 Å². The summed E-state index contributed by atoms with van der Waals surface area (Å²) in [5.41, 5.74) is 0.736. The second kappa shape index (κ2) is 8.04. The highest BCUT2D eigenvalue weighted by molar-refractivity contribution is 8.14. The van der Waals surface area contributed by atoms with Gasteiger partial charge in [0.05, 0.1) is 0 Å². The molecule has 2 amide bonds. The molecule has 2 heterocycles. The molecule has 0 N–H and O–H groups in total. The highest BCUT2D eigenvalue weighted by Crippen LogP contribution is 2.27. The summed E-state index contributed by atoms with van der Waals surface area (Å²) in [5, 5.41) is 0.178. The van der Waals surface area contributed by atoms with Crippen molar-refractivity contribution >= 4 is 28.7 Å². The Labute approximate surface area is 152 Å². The van der Waals surface area contributed by atoms with Crippen LogP contribution in [0.5, 0.6) is 0 Å². The van der Waals surface area contributed by atoms with Gasteiger partial charge in [-0.25, -0.2) is 0 Å². The second-order valence-corrected chi connectivity index (χ2v) is 8.31. The predicted octanol–water partition coefficient (Wildman–Crippen LogP) is 2.42. The minimum Gasteiger partial charge on any atom is -0.341 e. The van der Waals surface area contributed by atoms with Gasteiger partial charge in [-0.1, -0.05) is 30.0 Å². The standard InChI is InChI=1S/C19H24N2O3S/c1-14(22)25-17-11-18(23)21(13-17)12-15-7-9-20(10-8-15)19(24)16-5-3-2-4-6-16/h2-6,15,17H,7-13H2,1H3. The number of benzene rings is 1. The number of rotatable bonds is 4. The summed E-state index contributed by atoms with van der Waals surface area (Å²) in [4.78, 5) is 39.6. The third-order valence-corrected chi connectivity index (χ3v) is 5.89. The molecular formula is C19H24N2O3S. The highest BCUT2D eigenvalue weighted by atomic mass is 32.2. The van der Waals surface area contributed by atoms with Gasteiger partial charge in [-0.05, 0) is 30.9 Å². The Balaban J connectivity index is 1.47. The number of piperidine rings is 1. The summed E-state index contributed by atoms with van der Waals surface area (Å²) < 4.78 is 0. The van der Waals surface area contributed by atoms with E-state index < -0.39 is 0 Å². The zero-order valence-electron chi connectivity index (χ0n) is 14.5. The molecule has 1 unspecified atom stereocenters. The number of carbonyl (C=O) groups is 3. The van der Waals surface area contributed by atoms with Gasteiger partial charge in [-0.2, -0.15) is 0 Å². The van der Waals surface area contributed by atoms with Crippen LogP contribution in [0.25, 0.3) is 0 Å². The molecule has 1 aromatic carbocycles. The van der Waals surface area contributed by atoms with Crippen LogP contribution in [0.1, 0.15) is 36.5 Å². The van der Waals surface area contributed by atoms with Crippen LogP contribution in [0.2, 0.25) is 0 Å². The number of amides is 2. The fourth-order valence-corrected chi connectivity index (χ4v) is 4.57. The van der Waals surface area contributed by atoms with Gasteiger partial charge in [0.1, 0.15) is 0 Å². The van der Waals surface area contributed by atoms with E-state index in [0.29, 0.717) is 18.9 Å². The lowest BCUT2D eigenvalue weighted by molar-refractivity contribution is -0.128. The van der Waals surface area contributed by atoms with E-state index in [2.05, 4.69) is 0 Å². The molecule has 1 atom stereocenters. The first-order valence-corrected chi connectivity index (χ1v) is 9.70. The molecule has 2 saturated heterocycles. The number of carbonyl (C=O) groups excluding carboxylic acids is 3. The van der Waals surface area contributed by atoms with Gasteiger partial charge in [0.15, 0.2) is 5.12 Å². The molecule has 0 saturated carbocycles. The van der Waals surface area contributed by atoms with Crippen molar-refractivity contribution in [1.29, 1.82) is 0 Å². The van der Waals surface area contributed by atoms with Crippen LogP contribution < -0.4 is 0 Å². The largest absolute Gasteiger partial charge is 0.341 e. The molecule has 5 nitrogen and oxygen atoms in total. The lowest BCUT2D eigenvalue weighted by Crippen LogP contribution is -2.42. The molecule has 2 fully saturated rings. The third kappa shape index (κ3) is 4.63. The topological polar surface area (TPSA) is 57.7 Å². The molecule has 2 aliphatic rings. The number of nitrogens with zero attached hydrogens (tertiary/aromatic N) is 2. The van der Waals surface area contributed by atoms with Gasteiger partial charge in [-0.3, -0.25) is 14.4 Å². The van der Waals surface area contributed by atoms with E-state index in [-0.39, 0.29) is 22.2 Å². The smallest absolute Gasteiger partial charge is 0.253 e. The first-order chi connectivity index (χ1) is 12.0. The predicted molar refractivity (Wildman–Crippen MR) is 98.3 cm³/mol. The van der Waals surface area contributed by atoms with E-state index >= 15 is 0 Å². The van der Waals surface area contributed by atoms with Crippen molar-refractivity contribution in [3.8, 4) is 0 Å². The van der Waals surface area contributed by atoms with Crippen LogP contribution >= 0.6 is 11.8 Å². The lowest BCUT2D eigenvalue weighted by Gasteiger charge is -2.34. The molecule has 0 aromatic heterocycles. The molecule has 3 rings (SSSR count). The average molecular weight is 360 g/mol. The van der Waals surface area contributed by atoms with Gasteiger partial charge in [0, 0.05) is 50.3 Å². The van der Waals surface area contributed by atoms with Crippen molar-refractivity contribution in [3.05, 3.63) is 35.9 Å². The van der Waals surface area contributed by atoms with E-state index in [0.717, 1.165) is 38.0 Å². The zero-order valence-corrected chi connectivity index (χ0v) is 15.3. The number of hydrogen-bond donors (Lipinski definition) is 0. The van der Waals surface area contributed by atoms with Crippen LogP contribution in [0.4, 0.5) is 0 Å². The summed E-state index contributed by atoms with van der Waals surface area (Å²) in [6.07, 6.45) is 2.31. The minimum absolute atomic E-state index is 0.0763. The van der Waals surface area contributed by atoms with E-state index in [9.17, 15) is 14.4 Å². The normalized spacial score (nSPS) is 21.6. The lowest BCUT2D eigenvalue weighted by atomic mass is 9.95. The number of hydrogen-bond acceptors (Lipinski definition) is 4. The van der Waals surface area contributed by atoms with Crippen molar-refractivity contribution < 1.29 is 14.4 Å². The maximum atomic E-state index is 12.5. The molecule has 25 heavy (non-hydrogen) atoms. The quantitative estimate of drug-likeness (QED) is 0.827. The third-order valence-electron chi connectivity index (χ3n) is 4.91. The summed E-state index contributed by atoms with van der Waals surface area (Å²) in [6.45, 7) is 4.46. The fraction of sp³-hybridized carbons (Fsp3) is 0.526. The van der Waals surface area contributed by atoms with Crippen LogP contribution in [0.3, 0.4) is 0 Å². The van der Waals surface area contributed by atoms with Crippen molar-refractivity contribution in [2.45, 2.75) is 31.4 Å². The highest BCUT2D eigenvalue weighted by Gasteiger charge is 2.33. The van der Waals surface area contributed by atoms with Crippen LogP contribution in [-0.4, -0.2) is 58.2 Å². The maximum Gasteiger partial charge on any atom is 0.253 e. The molecule has 0 aliphatic carbocycles. The zero-order chi connectivity index (χ0) is 17.8. The summed E-state index contributed by atoms with van der Waals surface area (Å²) in [7, 11) is 0. The van der Waals surface area contributed by atoms with Crippen molar-refractivity contribution in [2.24, 2.45) is 5.92 Å². The number of thioether (sulfide) groups is 1. The Morgan fingerprint density at radius 1 is 1.16 bits per heavy atom. The summed E-state index contributed by atoms with van der Waals surface area (Å²) >= 11 is 1.28.